The molecule has 6 nitrogen and oxygen atoms in total. The summed E-state index contributed by atoms with van der Waals surface area (Å²) >= 11 is 0. The third-order valence-electron chi connectivity index (χ3n) is 3.89. The molecule has 1 fully saturated rings. The van der Waals surface area contributed by atoms with E-state index >= 15 is 0 Å². The van der Waals surface area contributed by atoms with Gasteiger partial charge in [0.05, 0.1) is 11.0 Å². The fourth-order valence-corrected chi connectivity index (χ4v) is 2.53. The van der Waals surface area contributed by atoms with Gasteiger partial charge in [-0.15, -0.1) is 0 Å². The molecule has 1 heterocycles. The van der Waals surface area contributed by atoms with Gasteiger partial charge >= 0.3 is 0 Å². The second-order valence-electron chi connectivity index (χ2n) is 6.24. The van der Waals surface area contributed by atoms with Crippen molar-refractivity contribution in [2.75, 3.05) is 13.1 Å². The maximum absolute atomic E-state index is 12.1. The summed E-state index contributed by atoms with van der Waals surface area (Å²) in [5.74, 6) is -0.685. The monoisotopic (exact) mass is 283 g/mol. The fourth-order valence-electron chi connectivity index (χ4n) is 2.53. The number of amides is 3. The van der Waals surface area contributed by atoms with Crippen LogP contribution in [0, 0.1) is 5.41 Å². The van der Waals surface area contributed by atoms with E-state index in [4.69, 9.17) is 5.73 Å². The van der Waals surface area contributed by atoms with Crippen molar-refractivity contribution in [2.45, 2.75) is 52.5 Å². The van der Waals surface area contributed by atoms with Crippen LogP contribution >= 0.6 is 0 Å². The van der Waals surface area contributed by atoms with Gasteiger partial charge in [-0.25, -0.2) is 0 Å². The van der Waals surface area contributed by atoms with Gasteiger partial charge in [0.1, 0.15) is 0 Å². The highest BCUT2D eigenvalue weighted by Crippen LogP contribution is 2.31. The Labute approximate surface area is 120 Å². The molecular formula is C14H25N3O3. The SMILES string of the molecule is CCNC(C)(CCCN1C(=O)CC(C)(C)C1=O)C(N)=O. The molecule has 114 valence electrons. The zero-order valence-corrected chi connectivity index (χ0v) is 12.8. The molecule has 3 N–H and O–H groups in total. The molecule has 1 rings (SSSR count). The van der Waals surface area contributed by atoms with Gasteiger partial charge in [-0.3, -0.25) is 19.3 Å². The molecule has 0 bridgehead atoms. The Bertz CT molecular complexity index is 420. The highest BCUT2D eigenvalue weighted by molar-refractivity contribution is 6.05. The minimum atomic E-state index is -0.796. The summed E-state index contributed by atoms with van der Waals surface area (Å²) in [6.07, 6.45) is 1.31. The normalized spacial score (nSPS) is 21.1. The number of primary amides is 1. The number of imide groups is 1. The van der Waals surface area contributed by atoms with Gasteiger partial charge in [0.2, 0.25) is 17.7 Å². The van der Waals surface area contributed by atoms with Crippen LogP contribution in [-0.2, 0) is 14.4 Å². The lowest BCUT2D eigenvalue weighted by Gasteiger charge is -2.28. The summed E-state index contributed by atoms with van der Waals surface area (Å²) in [5, 5.41) is 3.06. The molecule has 0 aromatic heterocycles. The van der Waals surface area contributed by atoms with Crippen LogP contribution in [0.4, 0.5) is 0 Å². The molecule has 6 heteroatoms. The molecule has 0 radical (unpaired) electrons. The Kier molecular flexibility index (Phi) is 4.91. The van der Waals surface area contributed by atoms with Gasteiger partial charge < -0.3 is 11.1 Å². The van der Waals surface area contributed by atoms with Crippen molar-refractivity contribution in [1.82, 2.24) is 10.2 Å². The van der Waals surface area contributed by atoms with Crippen molar-refractivity contribution in [2.24, 2.45) is 11.1 Å². The van der Waals surface area contributed by atoms with Crippen molar-refractivity contribution < 1.29 is 14.4 Å². The summed E-state index contributed by atoms with van der Waals surface area (Å²) < 4.78 is 0. The largest absolute Gasteiger partial charge is 0.368 e. The molecule has 1 aliphatic rings. The summed E-state index contributed by atoms with van der Waals surface area (Å²) in [6.45, 7) is 8.18. The first-order valence-corrected chi connectivity index (χ1v) is 7.04. The van der Waals surface area contributed by atoms with Crippen LogP contribution in [0.5, 0.6) is 0 Å². The Balaban J connectivity index is 2.58. The summed E-state index contributed by atoms with van der Waals surface area (Å²) in [5.41, 5.74) is 4.00. The second kappa shape index (κ2) is 5.91. The van der Waals surface area contributed by atoms with Gasteiger partial charge in [-0.1, -0.05) is 20.8 Å². The van der Waals surface area contributed by atoms with E-state index in [1.807, 2.05) is 6.92 Å². The van der Waals surface area contributed by atoms with Gasteiger partial charge in [-0.2, -0.15) is 0 Å². The number of hydrogen-bond acceptors (Lipinski definition) is 4. The van der Waals surface area contributed by atoms with Gasteiger partial charge in [-0.05, 0) is 26.3 Å². The maximum atomic E-state index is 12.1. The lowest BCUT2D eigenvalue weighted by Crippen LogP contribution is -2.53. The van der Waals surface area contributed by atoms with E-state index in [0.717, 1.165) is 0 Å². The van der Waals surface area contributed by atoms with Crippen molar-refractivity contribution >= 4 is 17.7 Å². The second-order valence-corrected chi connectivity index (χ2v) is 6.24. The first-order chi connectivity index (χ1) is 9.14. The third kappa shape index (κ3) is 3.36. The van der Waals surface area contributed by atoms with Gasteiger partial charge in [0.25, 0.3) is 0 Å². The first kappa shape index (κ1) is 16.6. The number of nitrogens with zero attached hydrogens (tertiary/aromatic N) is 1. The average Bonchev–Trinajstić information content (AvgIpc) is 2.51. The molecule has 1 atom stereocenters. The van der Waals surface area contributed by atoms with E-state index < -0.39 is 16.9 Å². The van der Waals surface area contributed by atoms with E-state index in [0.29, 0.717) is 25.9 Å². The van der Waals surface area contributed by atoms with Crippen LogP contribution in [0.2, 0.25) is 0 Å². The van der Waals surface area contributed by atoms with Crippen LogP contribution < -0.4 is 11.1 Å². The molecule has 0 aliphatic carbocycles. The zero-order chi connectivity index (χ0) is 15.6. The van der Waals surface area contributed by atoms with Crippen LogP contribution in [-0.4, -0.2) is 41.2 Å². The van der Waals surface area contributed by atoms with E-state index in [1.165, 1.54) is 4.90 Å². The zero-order valence-electron chi connectivity index (χ0n) is 12.8. The van der Waals surface area contributed by atoms with E-state index in [1.54, 1.807) is 20.8 Å². The Morgan fingerprint density at radius 3 is 2.45 bits per heavy atom. The van der Waals surface area contributed by atoms with E-state index in [9.17, 15) is 14.4 Å². The standard InChI is InChI=1S/C14H25N3O3/c1-5-16-14(4,11(15)19)7-6-8-17-10(18)9-13(2,3)12(17)20/h16H,5-9H2,1-4H3,(H2,15,19). The number of rotatable bonds is 7. The summed E-state index contributed by atoms with van der Waals surface area (Å²) in [7, 11) is 0. The Morgan fingerprint density at radius 2 is 2.05 bits per heavy atom. The Hall–Kier alpha value is -1.43. The Morgan fingerprint density at radius 1 is 1.45 bits per heavy atom. The molecule has 1 aliphatic heterocycles. The molecule has 0 aromatic rings. The quantitative estimate of drug-likeness (QED) is 0.662. The van der Waals surface area contributed by atoms with Crippen molar-refractivity contribution in [1.29, 1.82) is 0 Å². The van der Waals surface area contributed by atoms with E-state index in [-0.39, 0.29) is 18.2 Å². The minimum absolute atomic E-state index is 0.133. The van der Waals surface area contributed by atoms with Crippen LogP contribution in [0.3, 0.4) is 0 Å². The number of carbonyl (C=O) groups excluding carboxylic acids is 3. The molecule has 0 spiro atoms. The first-order valence-electron chi connectivity index (χ1n) is 7.04. The lowest BCUT2D eigenvalue weighted by atomic mass is 9.92. The van der Waals surface area contributed by atoms with Crippen LogP contribution in [0.25, 0.3) is 0 Å². The molecule has 20 heavy (non-hydrogen) atoms. The summed E-state index contributed by atoms with van der Waals surface area (Å²) in [6, 6.07) is 0. The number of nitrogens with two attached hydrogens (primary N) is 1. The van der Waals surface area contributed by atoms with Gasteiger partial charge in [0.15, 0.2) is 0 Å². The number of nitrogens with one attached hydrogen (secondary N) is 1. The predicted octanol–water partition coefficient (Wildman–Crippen LogP) is 0.405. The van der Waals surface area contributed by atoms with Crippen LogP contribution in [0.1, 0.15) is 47.0 Å². The lowest BCUT2D eigenvalue weighted by molar-refractivity contribution is -0.140. The number of likely N-dealkylation sites (N-methyl/N-ethyl adjacent to an activating group) is 1. The number of likely N-dealkylation sites (tertiary alicyclic amines) is 1. The molecule has 0 saturated carbocycles. The molecular weight excluding hydrogens is 258 g/mol. The average molecular weight is 283 g/mol. The number of hydrogen-bond donors (Lipinski definition) is 2. The molecule has 1 unspecified atom stereocenters. The van der Waals surface area contributed by atoms with Crippen molar-refractivity contribution in [3.05, 3.63) is 0 Å². The highest BCUT2D eigenvalue weighted by atomic mass is 16.2. The molecule has 0 aromatic carbocycles. The third-order valence-corrected chi connectivity index (χ3v) is 3.89. The van der Waals surface area contributed by atoms with Crippen LogP contribution in [0.15, 0.2) is 0 Å². The highest BCUT2D eigenvalue weighted by Gasteiger charge is 2.44. The molecule has 1 saturated heterocycles. The smallest absolute Gasteiger partial charge is 0.237 e. The summed E-state index contributed by atoms with van der Waals surface area (Å²) in [4.78, 5) is 36.6. The fraction of sp³-hybridized carbons (Fsp3) is 0.786. The maximum Gasteiger partial charge on any atom is 0.237 e. The number of carbonyl (C=O) groups is 3. The van der Waals surface area contributed by atoms with Crippen molar-refractivity contribution in [3.63, 3.8) is 0 Å². The van der Waals surface area contributed by atoms with E-state index in [2.05, 4.69) is 5.32 Å². The predicted molar refractivity (Wildman–Crippen MR) is 75.6 cm³/mol. The van der Waals surface area contributed by atoms with Gasteiger partial charge in [0, 0.05) is 13.0 Å². The molecule has 3 amide bonds. The topological polar surface area (TPSA) is 92.5 Å². The van der Waals surface area contributed by atoms with Crippen molar-refractivity contribution in [3.8, 4) is 0 Å². The minimum Gasteiger partial charge on any atom is -0.368 e.